The molecular formula is C14H29N3O. The molecule has 1 aliphatic rings. The van der Waals surface area contributed by atoms with Gasteiger partial charge in [-0.2, -0.15) is 0 Å². The SMILES string of the molecule is CCOC1CCCN(CCCC(C)(C)C(=N)N)C1. The first kappa shape index (κ1) is 15.4. The highest BCUT2D eigenvalue weighted by Gasteiger charge is 2.23. The van der Waals surface area contributed by atoms with Crippen molar-refractivity contribution in [2.45, 2.75) is 52.6 Å². The van der Waals surface area contributed by atoms with Crippen LogP contribution in [0.2, 0.25) is 0 Å². The molecule has 18 heavy (non-hydrogen) atoms. The van der Waals surface area contributed by atoms with E-state index in [1.807, 2.05) is 0 Å². The van der Waals surface area contributed by atoms with Crippen LogP contribution in [-0.2, 0) is 4.74 Å². The highest BCUT2D eigenvalue weighted by molar-refractivity contribution is 5.82. The average molecular weight is 255 g/mol. The summed E-state index contributed by atoms with van der Waals surface area (Å²) in [6, 6.07) is 0. The van der Waals surface area contributed by atoms with E-state index in [0.717, 1.165) is 32.5 Å². The maximum atomic E-state index is 7.55. The molecule has 1 unspecified atom stereocenters. The Balaban J connectivity index is 2.25. The molecule has 1 fully saturated rings. The molecule has 0 aliphatic carbocycles. The molecule has 1 saturated heterocycles. The number of nitrogens with zero attached hydrogens (tertiary/aromatic N) is 1. The van der Waals surface area contributed by atoms with Crippen LogP contribution in [0.3, 0.4) is 0 Å². The largest absolute Gasteiger partial charge is 0.387 e. The Bertz CT molecular complexity index is 264. The van der Waals surface area contributed by atoms with Crippen molar-refractivity contribution in [2.24, 2.45) is 11.1 Å². The Morgan fingerprint density at radius 1 is 1.50 bits per heavy atom. The van der Waals surface area contributed by atoms with Crippen molar-refractivity contribution in [1.82, 2.24) is 4.90 Å². The van der Waals surface area contributed by atoms with E-state index in [2.05, 4.69) is 25.7 Å². The van der Waals surface area contributed by atoms with E-state index in [-0.39, 0.29) is 5.41 Å². The monoisotopic (exact) mass is 255 g/mol. The Morgan fingerprint density at radius 3 is 2.83 bits per heavy atom. The maximum absolute atomic E-state index is 7.55. The van der Waals surface area contributed by atoms with Crippen LogP contribution >= 0.6 is 0 Å². The third-order valence-electron chi connectivity index (χ3n) is 3.87. The van der Waals surface area contributed by atoms with Crippen molar-refractivity contribution < 1.29 is 4.74 Å². The number of ether oxygens (including phenoxy) is 1. The van der Waals surface area contributed by atoms with Gasteiger partial charge in [0.1, 0.15) is 0 Å². The zero-order valence-electron chi connectivity index (χ0n) is 12.2. The lowest BCUT2D eigenvalue weighted by atomic mass is 9.86. The molecule has 0 radical (unpaired) electrons. The Morgan fingerprint density at radius 2 is 2.22 bits per heavy atom. The molecule has 0 amide bonds. The normalized spacial score (nSPS) is 22.1. The van der Waals surface area contributed by atoms with Crippen molar-refractivity contribution >= 4 is 5.84 Å². The standard InChI is InChI=1S/C14H29N3O/c1-4-18-12-7-5-9-17(11-12)10-6-8-14(2,3)13(15)16/h12H,4-11H2,1-3H3,(H3,15,16). The molecule has 3 N–H and O–H groups in total. The number of rotatable bonds is 7. The van der Waals surface area contributed by atoms with Gasteiger partial charge in [-0.1, -0.05) is 13.8 Å². The lowest BCUT2D eigenvalue weighted by Crippen LogP contribution is -2.40. The van der Waals surface area contributed by atoms with E-state index in [1.54, 1.807) is 0 Å². The number of piperidine rings is 1. The fraction of sp³-hybridized carbons (Fsp3) is 0.929. The van der Waals surface area contributed by atoms with Crippen LogP contribution in [0.4, 0.5) is 0 Å². The fourth-order valence-corrected chi connectivity index (χ4v) is 2.47. The molecule has 0 aromatic carbocycles. The summed E-state index contributed by atoms with van der Waals surface area (Å²) in [5.41, 5.74) is 5.44. The molecule has 0 bridgehead atoms. The van der Waals surface area contributed by atoms with E-state index >= 15 is 0 Å². The lowest BCUT2D eigenvalue weighted by molar-refractivity contribution is 0.00526. The van der Waals surface area contributed by atoms with Gasteiger partial charge in [-0.15, -0.1) is 0 Å². The van der Waals surface area contributed by atoms with Crippen LogP contribution in [-0.4, -0.2) is 43.1 Å². The summed E-state index contributed by atoms with van der Waals surface area (Å²) in [5.74, 6) is 0.299. The second kappa shape index (κ2) is 7.10. The summed E-state index contributed by atoms with van der Waals surface area (Å²) >= 11 is 0. The first-order valence-electron chi connectivity index (χ1n) is 7.14. The Labute approximate surface area is 111 Å². The third kappa shape index (κ3) is 4.94. The summed E-state index contributed by atoms with van der Waals surface area (Å²) in [6.45, 7) is 10.3. The maximum Gasteiger partial charge on any atom is 0.0963 e. The Hall–Kier alpha value is -0.610. The van der Waals surface area contributed by atoms with Crippen LogP contribution < -0.4 is 5.73 Å². The molecule has 4 heteroatoms. The van der Waals surface area contributed by atoms with Gasteiger partial charge in [0.2, 0.25) is 0 Å². The molecule has 0 aromatic rings. The van der Waals surface area contributed by atoms with Crippen molar-refractivity contribution in [3.8, 4) is 0 Å². The summed E-state index contributed by atoms with van der Waals surface area (Å²) in [7, 11) is 0. The zero-order valence-corrected chi connectivity index (χ0v) is 12.2. The predicted molar refractivity (Wildman–Crippen MR) is 76.0 cm³/mol. The van der Waals surface area contributed by atoms with E-state index in [9.17, 15) is 0 Å². The Kier molecular flexibility index (Phi) is 6.09. The van der Waals surface area contributed by atoms with Crippen LogP contribution in [0.1, 0.15) is 46.5 Å². The summed E-state index contributed by atoms with van der Waals surface area (Å²) in [4.78, 5) is 2.49. The minimum Gasteiger partial charge on any atom is -0.387 e. The van der Waals surface area contributed by atoms with Gasteiger partial charge in [-0.05, 0) is 45.7 Å². The van der Waals surface area contributed by atoms with Crippen LogP contribution in [0.25, 0.3) is 0 Å². The molecule has 1 heterocycles. The molecule has 0 spiro atoms. The van der Waals surface area contributed by atoms with Gasteiger partial charge in [0, 0.05) is 18.6 Å². The topological polar surface area (TPSA) is 62.3 Å². The van der Waals surface area contributed by atoms with Gasteiger partial charge in [0.15, 0.2) is 0 Å². The smallest absolute Gasteiger partial charge is 0.0963 e. The number of nitrogens with two attached hydrogens (primary N) is 1. The van der Waals surface area contributed by atoms with E-state index in [1.165, 1.54) is 19.4 Å². The van der Waals surface area contributed by atoms with Crippen molar-refractivity contribution in [3.63, 3.8) is 0 Å². The molecular weight excluding hydrogens is 226 g/mol. The van der Waals surface area contributed by atoms with Gasteiger partial charge in [0.05, 0.1) is 11.9 Å². The minimum atomic E-state index is -0.158. The van der Waals surface area contributed by atoms with Gasteiger partial charge in [-0.3, -0.25) is 5.41 Å². The number of nitrogens with one attached hydrogen (secondary N) is 1. The van der Waals surface area contributed by atoms with Gasteiger partial charge in [-0.25, -0.2) is 0 Å². The van der Waals surface area contributed by atoms with Crippen LogP contribution in [0, 0.1) is 10.8 Å². The van der Waals surface area contributed by atoms with E-state index < -0.39 is 0 Å². The first-order chi connectivity index (χ1) is 8.45. The highest BCUT2D eigenvalue weighted by atomic mass is 16.5. The lowest BCUT2D eigenvalue weighted by Gasteiger charge is -2.33. The molecule has 0 saturated carbocycles. The molecule has 1 aliphatic heterocycles. The van der Waals surface area contributed by atoms with Crippen LogP contribution in [0.5, 0.6) is 0 Å². The third-order valence-corrected chi connectivity index (χ3v) is 3.87. The fourth-order valence-electron chi connectivity index (χ4n) is 2.47. The molecule has 1 rings (SSSR count). The second-order valence-electron chi connectivity index (χ2n) is 5.92. The summed E-state index contributed by atoms with van der Waals surface area (Å²) in [5, 5.41) is 7.55. The number of likely N-dealkylation sites (tertiary alicyclic amines) is 1. The quantitative estimate of drug-likeness (QED) is 0.541. The van der Waals surface area contributed by atoms with Crippen molar-refractivity contribution in [1.29, 1.82) is 5.41 Å². The summed E-state index contributed by atoms with van der Waals surface area (Å²) in [6.07, 6.45) is 4.94. The molecule has 0 aromatic heterocycles. The van der Waals surface area contributed by atoms with Crippen molar-refractivity contribution in [3.05, 3.63) is 0 Å². The highest BCUT2D eigenvalue weighted by Crippen LogP contribution is 2.22. The van der Waals surface area contributed by atoms with Gasteiger partial charge < -0.3 is 15.4 Å². The van der Waals surface area contributed by atoms with Gasteiger partial charge in [0.25, 0.3) is 0 Å². The number of amidine groups is 1. The molecule has 106 valence electrons. The number of hydrogen-bond donors (Lipinski definition) is 2. The predicted octanol–water partition coefficient (Wildman–Crippen LogP) is 2.23. The number of hydrogen-bond acceptors (Lipinski definition) is 3. The van der Waals surface area contributed by atoms with Gasteiger partial charge >= 0.3 is 0 Å². The second-order valence-corrected chi connectivity index (χ2v) is 5.92. The molecule has 4 nitrogen and oxygen atoms in total. The average Bonchev–Trinajstić information content (AvgIpc) is 2.29. The van der Waals surface area contributed by atoms with Crippen LogP contribution in [0.15, 0.2) is 0 Å². The molecule has 1 atom stereocenters. The minimum absolute atomic E-state index is 0.158. The van der Waals surface area contributed by atoms with E-state index in [4.69, 9.17) is 15.9 Å². The van der Waals surface area contributed by atoms with E-state index in [0.29, 0.717) is 11.9 Å². The summed E-state index contributed by atoms with van der Waals surface area (Å²) < 4.78 is 5.70. The van der Waals surface area contributed by atoms with Crippen molar-refractivity contribution in [2.75, 3.05) is 26.2 Å². The zero-order chi connectivity index (χ0) is 13.6. The first-order valence-corrected chi connectivity index (χ1v) is 7.14.